The molecule has 1 amide bonds. The summed E-state index contributed by atoms with van der Waals surface area (Å²) in [6.07, 6.45) is 3.83. The second-order valence-electron chi connectivity index (χ2n) is 7.89. The Morgan fingerprint density at radius 1 is 1.16 bits per heavy atom. The van der Waals surface area contributed by atoms with Crippen LogP contribution in [0.25, 0.3) is 11.5 Å². The van der Waals surface area contributed by atoms with Crippen LogP contribution in [0.4, 0.5) is 5.69 Å². The molecule has 4 rings (SSSR count). The van der Waals surface area contributed by atoms with Crippen LogP contribution in [0.15, 0.2) is 64.2 Å². The van der Waals surface area contributed by atoms with E-state index in [4.69, 9.17) is 4.42 Å². The number of aliphatic imine (C=N–C) groups is 1. The fraction of sp³-hybridized carbons (Fsp3) is 0.320. The first-order chi connectivity index (χ1) is 15.6. The summed E-state index contributed by atoms with van der Waals surface area (Å²) in [7, 11) is 1.72. The van der Waals surface area contributed by atoms with Gasteiger partial charge in [-0.05, 0) is 43.5 Å². The van der Waals surface area contributed by atoms with Gasteiger partial charge >= 0.3 is 0 Å². The molecule has 2 heterocycles. The van der Waals surface area contributed by atoms with Crippen LogP contribution in [0.5, 0.6) is 0 Å². The average molecular weight is 432 g/mol. The van der Waals surface area contributed by atoms with Crippen LogP contribution >= 0.6 is 0 Å². The number of rotatable bonds is 7. The number of hydrogen-bond donors (Lipinski definition) is 2. The molecule has 0 radical (unpaired) electrons. The van der Waals surface area contributed by atoms with E-state index >= 15 is 0 Å². The van der Waals surface area contributed by atoms with E-state index in [1.807, 2.05) is 47.4 Å². The van der Waals surface area contributed by atoms with E-state index in [0.717, 1.165) is 36.3 Å². The quantitative estimate of drug-likeness (QED) is 0.339. The number of aryl methyl sites for hydroxylation is 1. The highest BCUT2D eigenvalue weighted by atomic mass is 16.3. The van der Waals surface area contributed by atoms with Gasteiger partial charge in [-0.1, -0.05) is 35.9 Å². The Bertz CT molecular complexity index is 1090. The van der Waals surface area contributed by atoms with Crippen LogP contribution in [0.3, 0.4) is 0 Å². The van der Waals surface area contributed by atoms with Gasteiger partial charge < -0.3 is 20.0 Å². The van der Waals surface area contributed by atoms with E-state index < -0.39 is 0 Å². The van der Waals surface area contributed by atoms with Crippen molar-refractivity contribution in [2.24, 2.45) is 4.99 Å². The Morgan fingerprint density at radius 3 is 2.78 bits per heavy atom. The summed E-state index contributed by atoms with van der Waals surface area (Å²) >= 11 is 0. The molecule has 0 aliphatic carbocycles. The summed E-state index contributed by atoms with van der Waals surface area (Å²) in [5.74, 6) is 1.45. The van der Waals surface area contributed by atoms with E-state index in [-0.39, 0.29) is 5.91 Å². The molecule has 2 aromatic carbocycles. The molecule has 32 heavy (non-hydrogen) atoms. The maximum atomic E-state index is 12.6. The zero-order valence-electron chi connectivity index (χ0n) is 18.6. The first-order valence-electron chi connectivity index (χ1n) is 11.0. The number of carbonyl (C=O) groups is 1. The highest BCUT2D eigenvalue weighted by Crippen LogP contribution is 2.28. The van der Waals surface area contributed by atoms with Crippen molar-refractivity contribution in [3.63, 3.8) is 0 Å². The fourth-order valence-electron chi connectivity index (χ4n) is 3.79. The van der Waals surface area contributed by atoms with Crippen LogP contribution in [0.1, 0.15) is 29.7 Å². The number of para-hydroxylation sites is 1. The smallest absolute Gasteiger partial charge is 0.227 e. The fourth-order valence-corrected chi connectivity index (χ4v) is 3.79. The van der Waals surface area contributed by atoms with Crippen molar-refractivity contribution >= 4 is 17.6 Å². The number of hydrogen-bond acceptors (Lipinski definition) is 4. The second kappa shape index (κ2) is 10.1. The summed E-state index contributed by atoms with van der Waals surface area (Å²) in [4.78, 5) is 23.3. The summed E-state index contributed by atoms with van der Waals surface area (Å²) < 4.78 is 5.60. The van der Waals surface area contributed by atoms with Gasteiger partial charge in [-0.2, -0.15) is 0 Å². The highest BCUT2D eigenvalue weighted by Gasteiger charge is 2.23. The number of anilines is 1. The minimum absolute atomic E-state index is 0.172. The lowest BCUT2D eigenvalue weighted by atomic mass is 10.1. The highest BCUT2D eigenvalue weighted by molar-refractivity contribution is 5.95. The number of aromatic nitrogens is 1. The summed E-state index contributed by atoms with van der Waals surface area (Å²) in [6, 6.07) is 16.2. The summed E-state index contributed by atoms with van der Waals surface area (Å²) in [5, 5.41) is 6.50. The Kier molecular flexibility index (Phi) is 6.84. The molecule has 166 valence electrons. The number of oxazole rings is 1. The van der Waals surface area contributed by atoms with Crippen LogP contribution in [0, 0.1) is 6.92 Å². The molecule has 0 unspecified atom stereocenters. The molecule has 1 aliphatic rings. The zero-order chi connectivity index (χ0) is 22.3. The van der Waals surface area contributed by atoms with Gasteiger partial charge in [-0.3, -0.25) is 9.79 Å². The van der Waals surface area contributed by atoms with Crippen molar-refractivity contribution in [1.29, 1.82) is 0 Å². The largest absolute Gasteiger partial charge is 0.444 e. The van der Waals surface area contributed by atoms with Gasteiger partial charge in [0.1, 0.15) is 6.26 Å². The number of benzene rings is 2. The molecule has 0 saturated heterocycles. The SMILES string of the molecule is CN=C(NCCCC(=O)N1CCc2ccccc21)NCc1coc(-c2ccc(C)cc2)n1. The standard InChI is InChI=1S/C25H29N5O2/c1-18-9-11-20(12-10-18)24-29-21(17-32-24)16-28-25(26-2)27-14-5-8-23(31)30-15-13-19-6-3-4-7-22(19)30/h3-4,6-7,9-12,17H,5,8,13-16H2,1-2H3,(H2,26,27,28). The van der Waals surface area contributed by atoms with Crippen LogP contribution < -0.4 is 15.5 Å². The molecule has 0 atom stereocenters. The molecule has 0 fully saturated rings. The van der Waals surface area contributed by atoms with Crippen molar-refractivity contribution in [3.8, 4) is 11.5 Å². The van der Waals surface area contributed by atoms with E-state index in [1.54, 1.807) is 13.3 Å². The predicted molar refractivity (Wildman–Crippen MR) is 127 cm³/mol. The zero-order valence-corrected chi connectivity index (χ0v) is 18.6. The van der Waals surface area contributed by atoms with Gasteiger partial charge in [0.15, 0.2) is 5.96 Å². The number of guanidine groups is 1. The molecule has 1 aliphatic heterocycles. The van der Waals surface area contributed by atoms with Gasteiger partial charge in [-0.15, -0.1) is 0 Å². The first kappa shape index (κ1) is 21.6. The number of amides is 1. The number of fused-ring (bicyclic) bond motifs is 1. The minimum atomic E-state index is 0.172. The van der Waals surface area contributed by atoms with Crippen molar-refractivity contribution in [2.75, 3.05) is 25.0 Å². The maximum Gasteiger partial charge on any atom is 0.227 e. The average Bonchev–Trinajstić information content (AvgIpc) is 3.46. The normalized spacial score (nSPS) is 13.2. The van der Waals surface area contributed by atoms with Gasteiger partial charge in [0.25, 0.3) is 0 Å². The minimum Gasteiger partial charge on any atom is -0.444 e. The summed E-state index contributed by atoms with van der Waals surface area (Å²) in [5.41, 5.74) is 5.26. The Balaban J connectivity index is 1.20. The van der Waals surface area contributed by atoms with Crippen molar-refractivity contribution < 1.29 is 9.21 Å². The van der Waals surface area contributed by atoms with Gasteiger partial charge in [0.05, 0.1) is 12.2 Å². The third-order valence-corrected chi connectivity index (χ3v) is 5.56. The number of carbonyl (C=O) groups excluding carboxylic acids is 1. The molecule has 2 N–H and O–H groups in total. The third-order valence-electron chi connectivity index (χ3n) is 5.56. The Morgan fingerprint density at radius 2 is 1.97 bits per heavy atom. The van der Waals surface area contributed by atoms with E-state index in [1.165, 1.54) is 11.1 Å². The topological polar surface area (TPSA) is 82.8 Å². The van der Waals surface area contributed by atoms with Gasteiger partial charge in [0.2, 0.25) is 11.8 Å². The molecular formula is C25H29N5O2. The lowest BCUT2D eigenvalue weighted by Crippen LogP contribution is -2.38. The van der Waals surface area contributed by atoms with E-state index in [2.05, 4.69) is 33.6 Å². The lowest BCUT2D eigenvalue weighted by Gasteiger charge is -2.17. The predicted octanol–water partition coefficient (Wildman–Crippen LogP) is 3.68. The number of nitrogens with one attached hydrogen (secondary N) is 2. The monoisotopic (exact) mass is 431 g/mol. The maximum absolute atomic E-state index is 12.6. The second-order valence-corrected chi connectivity index (χ2v) is 7.89. The van der Waals surface area contributed by atoms with Crippen molar-refractivity contribution in [1.82, 2.24) is 15.6 Å². The molecule has 1 aromatic heterocycles. The molecule has 7 heteroatoms. The van der Waals surface area contributed by atoms with Crippen LogP contribution in [-0.4, -0.2) is 37.0 Å². The van der Waals surface area contributed by atoms with Gasteiger partial charge in [-0.25, -0.2) is 4.98 Å². The third kappa shape index (κ3) is 5.17. The molecule has 3 aromatic rings. The molecular weight excluding hydrogens is 402 g/mol. The lowest BCUT2D eigenvalue weighted by molar-refractivity contribution is -0.118. The van der Waals surface area contributed by atoms with Crippen molar-refractivity contribution in [3.05, 3.63) is 71.6 Å². The van der Waals surface area contributed by atoms with Crippen LogP contribution in [-0.2, 0) is 17.8 Å². The summed E-state index contributed by atoms with van der Waals surface area (Å²) in [6.45, 7) is 3.98. The molecule has 0 spiro atoms. The van der Waals surface area contributed by atoms with E-state index in [0.29, 0.717) is 31.4 Å². The molecule has 0 bridgehead atoms. The Labute approximate surface area is 188 Å². The van der Waals surface area contributed by atoms with E-state index in [9.17, 15) is 4.79 Å². The molecule has 0 saturated carbocycles. The first-order valence-corrected chi connectivity index (χ1v) is 11.0. The van der Waals surface area contributed by atoms with Crippen LogP contribution in [0.2, 0.25) is 0 Å². The Hall–Kier alpha value is -3.61. The van der Waals surface area contributed by atoms with Gasteiger partial charge in [0, 0.05) is 37.8 Å². The molecule has 7 nitrogen and oxygen atoms in total. The van der Waals surface area contributed by atoms with Crippen molar-refractivity contribution in [2.45, 2.75) is 32.7 Å². The number of nitrogens with zero attached hydrogens (tertiary/aromatic N) is 3.